The number of ether oxygens (including phenoxy) is 1. The molecule has 0 saturated carbocycles. The molecule has 0 aliphatic carbocycles. The minimum atomic E-state index is 0.398. The molecule has 1 aliphatic rings. The molecule has 1 aliphatic heterocycles. The fourth-order valence-corrected chi connectivity index (χ4v) is 3.11. The van der Waals surface area contributed by atoms with Crippen molar-refractivity contribution in [3.05, 3.63) is 33.8 Å². The van der Waals surface area contributed by atoms with Crippen molar-refractivity contribution >= 4 is 23.2 Å². The summed E-state index contributed by atoms with van der Waals surface area (Å²) in [5.41, 5.74) is 1.15. The maximum atomic E-state index is 6.25. The van der Waals surface area contributed by atoms with E-state index in [0.717, 1.165) is 36.6 Å². The Morgan fingerprint density at radius 1 is 1.42 bits per heavy atom. The van der Waals surface area contributed by atoms with Crippen LogP contribution in [0.25, 0.3) is 0 Å². The van der Waals surface area contributed by atoms with Crippen LogP contribution < -0.4 is 5.32 Å². The van der Waals surface area contributed by atoms with Gasteiger partial charge in [-0.05, 0) is 49.9 Å². The summed E-state index contributed by atoms with van der Waals surface area (Å²) in [6.45, 7) is 4.00. The summed E-state index contributed by atoms with van der Waals surface area (Å²) in [7, 11) is 0. The van der Waals surface area contributed by atoms with Crippen LogP contribution in [-0.2, 0) is 11.2 Å². The van der Waals surface area contributed by atoms with E-state index in [2.05, 4.69) is 12.2 Å². The summed E-state index contributed by atoms with van der Waals surface area (Å²) in [5.74, 6) is 0. The Hall–Kier alpha value is -0.280. The number of benzene rings is 1. The van der Waals surface area contributed by atoms with E-state index in [1.807, 2.05) is 18.2 Å². The fraction of sp³-hybridized carbons (Fsp3) is 0.600. The first-order valence-corrected chi connectivity index (χ1v) is 7.73. The minimum absolute atomic E-state index is 0.398. The molecular formula is C15H21Cl2NO. The highest BCUT2D eigenvalue weighted by Crippen LogP contribution is 2.24. The van der Waals surface area contributed by atoms with Gasteiger partial charge in [0, 0.05) is 22.7 Å². The predicted octanol–water partition coefficient (Wildman–Crippen LogP) is 4.08. The average Bonchev–Trinajstić information content (AvgIpc) is 2.86. The Morgan fingerprint density at radius 2 is 2.26 bits per heavy atom. The fourth-order valence-electron chi connectivity index (χ4n) is 2.63. The molecule has 1 aromatic carbocycles. The second-order valence-electron chi connectivity index (χ2n) is 5.07. The molecule has 0 aromatic heterocycles. The van der Waals surface area contributed by atoms with Crippen LogP contribution in [0, 0.1) is 0 Å². The van der Waals surface area contributed by atoms with Gasteiger partial charge in [-0.1, -0.05) is 36.2 Å². The molecule has 1 N–H and O–H groups in total. The Kier molecular flexibility index (Phi) is 5.96. The van der Waals surface area contributed by atoms with Gasteiger partial charge in [-0.2, -0.15) is 0 Å². The van der Waals surface area contributed by atoms with Gasteiger partial charge in [0.15, 0.2) is 0 Å². The minimum Gasteiger partial charge on any atom is -0.378 e. The lowest BCUT2D eigenvalue weighted by Crippen LogP contribution is -2.34. The van der Waals surface area contributed by atoms with Crippen molar-refractivity contribution in [2.75, 3.05) is 13.2 Å². The van der Waals surface area contributed by atoms with E-state index >= 15 is 0 Å². The highest BCUT2D eigenvalue weighted by atomic mass is 35.5. The second-order valence-corrected chi connectivity index (χ2v) is 5.91. The summed E-state index contributed by atoms with van der Waals surface area (Å²) >= 11 is 12.2. The Bertz CT molecular complexity index is 405. The number of likely N-dealkylation sites (N-methyl/N-ethyl adjacent to an activating group) is 1. The van der Waals surface area contributed by atoms with Gasteiger partial charge < -0.3 is 10.1 Å². The Balaban J connectivity index is 1.98. The van der Waals surface area contributed by atoms with E-state index in [1.54, 1.807) is 0 Å². The Labute approximate surface area is 125 Å². The van der Waals surface area contributed by atoms with Crippen LogP contribution in [0.5, 0.6) is 0 Å². The molecule has 2 nitrogen and oxygen atoms in total. The van der Waals surface area contributed by atoms with Crippen LogP contribution in [0.4, 0.5) is 0 Å². The zero-order valence-electron chi connectivity index (χ0n) is 11.3. The van der Waals surface area contributed by atoms with Gasteiger partial charge in [0.05, 0.1) is 6.10 Å². The monoisotopic (exact) mass is 301 g/mol. The molecule has 0 spiro atoms. The van der Waals surface area contributed by atoms with Crippen molar-refractivity contribution in [2.45, 2.75) is 44.8 Å². The number of hydrogen-bond donors (Lipinski definition) is 1. The first kappa shape index (κ1) is 15.1. The number of halogens is 2. The SMILES string of the molecule is CCNC(Cc1ccc(Cl)cc1Cl)CC1CCCO1. The van der Waals surface area contributed by atoms with Crippen LogP contribution in [0.15, 0.2) is 18.2 Å². The van der Waals surface area contributed by atoms with E-state index < -0.39 is 0 Å². The average molecular weight is 302 g/mol. The lowest BCUT2D eigenvalue weighted by molar-refractivity contribution is 0.0948. The number of hydrogen-bond acceptors (Lipinski definition) is 2. The lowest BCUT2D eigenvalue weighted by atomic mass is 9.99. The second kappa shape index (κ2) is 7.49. The third-order valence-corrected chi connectivity index (χ3v) is 4.13. The van der Waals surface area contributed by atoms with Crippen molar-refractivity contribution in [2.24, 2.45) is 0 Å². The topological polar surface area (TPSA) is 21.3 Å². The van der Waals surface area contributed by atoms with Gasteiger partial charge in [0.25, 0.3) is 0 Å². The molecule has 0 amide bonds. The van der Waals surface area contributed by atoms with Crippen LogP contribution in [-0.4, -0.2) is 25.3 Å². The molecule has 0 radical (unpaired) electrons. The van der Waals surface area contributed by atoms with Crippen molar-refractivity contribution in [3.8, 4) is 0 Å². The largest absolute Gasteiger partial charge is 0.378 e. The molecule has 4 heteroatoms. The third-order valence-electron chi connectivity index (χ3n) is 3.55. The van der Waals surface area contributed by atoms with Crippen LogP contribution in [0.3, 0.4) is 0 Å². The maximum Gasteiger partial charge on any atom is 0.0590 e. The van der Waals surface area contributed by atoms with Gasteiger partial charge in [0.2, 0.25) is 0 Å². The van der Waals surface area contributed by atoms with Crippen molar-refractivity contribution in [1.82, 2.24) is 5.32 Å². The van der Waals surface area contributed by atoms with Crippen molar-refractivity contribution < 1.29 is 4.74 Å². The third kappa shape index (κ3) is 4.64. The van der Waals surface area contributed by atoms with E-state index in [1.165, 1.54) is 12.8 Å². The van der Waals surface area contributed by atoms with Crippen LogP contribution >= 0.6 is 23.2 Å². The first-order valence-electron chi connectivity index (χ1n) is 6.98. The predicted molar refractivity (Wildman–Crippen MR) is 81.2 cm³/mol. The van der Waals surface area contributed by atoms with E-state index in [0.29, 0.717) is 17.2 Å². The molecule has 1 heterocycles. The zero-order chi connectivity index (χ0) is 13.7. The molecule has 106 valence electrons. The van der Waals surface area contributed by atoms with E-state index in [-0.39, 0.29) is 0 Å². The molecule has 1 fully saturated rings. The first-order chi connectivity index (χ1) is 9.19. The van der Waals surface area contributed by atoms with Crippen LogP contribution in [0.1, 0.15) is 31.7 Å². The van der Waals surface area contributed by atoms with Crippen molar-refractivity contribution in [3.63, 3.8) is 0 Å². The Morgan fingerprint density at radius 3 is 2.89 bits per heavy atom. The molecular weight excluding hydrogens is 281 g/mol. The van der Waals surface area contributed by atoms with Gasteiger partial charge in [-0.3, -0.25) is 0 Å². The molecule has 2 unspecified atom stereocenters. The van der Waals surface area contributed by atoms with Gasteiger partial charge in [0.1, 0.15) is 0 Å². The molecule has 19 heavy (non-hydrogen) atoms. The lowest BCUT2D eigenvalue weighted by Gasteiger charge is -2.21. The number of nitrogens with one attached hydrogen (secondary N) is 1. The highest BCUT2D eigenvalue weighted by Gasteiger charge is 2.21. The van der Waals surface area contributed by atoms with Crippen molar-refractivity contribution in [1.29, 1.82) is 0 Å². The molecule has 1 saturated heterocycles. The van der Waals surface area contributed by atoms with Crippen LogP contribution in [0.2, 0.25) is 10.0 Å². The molecule has 1 aromatic rings. The summed E-state index contributed by atoms with van der Waals surface area (Å²) in [6.07, 6.45) is 4.73. The molecule has 2 atom stereocenters. The normalized spacial score (nSPS) is 20.7. The summed E-state index contributed by atoms with van der Waals surface area (Å²) in [5, 5.41) is 4.97. The smallest absolute Gasteiger partial charge is 0.0590 e. The summed E-state index contributed by atoms with van der Waals surface area (Å²) in [4.78, 5) is 0. The standard InChI is InChI=1S/C15H21Cl2NO/c1-2-18-13(10-14-4-3-7-19-14)8-11-5-6-12(16)9-15(11)17/h5-6,9,13-14,18H,2-4,7-8,10H2,1H3. The zero-order valence-corrected chi connectivity index (χ0v) is 12.8. The highest BCUT2D eigenvalue weighted by molar-refractivity contribution is 6.35. The summed E-state index contributed by atoms with van der Waals surface area (Å²) < 4.78 is 5.72. The van der Waals surface area contributed by atoms with Gasteiger partial charge in [-0.25, -0.2) is 0 Å². The number of rotatable bonds is 6. The maximum absolute atomic E-state index is 6.25. The quantitative estimate of drug-likeness (QED) is 0.855. The summed E-state index contributed by atoms with van der Waals surface area (Å²) in [6, 6.07) is 6.14. The molecule has 2 rings (SSSR count). The van der Waals surface area contributed by atoms with E-state index in [4.69, 9.17) is 27.9 Å². The van der Waals surface area contributed by atoms with Gasteiger partial charge >= 0.3 is 0 Å². The van der Waals surface area contributed by atoms with Gasteiger partial charge in [-0.15, -0.1) is 0 Å². The molecule has 0 bridgehead atoms. The van der Waals surface area contributed by atoms with E-state index in [9.17, 15) is 0 Å².